The Labute approximate surface area is 222 Å². The van der Waals surface area contributed by atoms with Crippen molar-refractivity contribution in [1.29, 1.82) is 0 Å². The molecule has 12 heteroatoms. The molecule has 2 saturated heterocycles. The minimum atomic E-state index is -1.15. The van der Waals surface area contributed by atoms with Crippen LogP contribution in [0.3, 0.4) is 0 Å². The quantitative estimate of drug-likeness (QED) is 0.318. The zero-order valence-corrected chi connectivity index (χ0v) is 21.1. The summed E-state index contributed by atoms with van der Waals surface area (Å²) in [5.41, 5.74) is 1.24. The molecule has 2 aliphatic carbocycles. The molecule has 5 rings (SSSR count). The molecule has 0 aromatic heterocycles. The Morgan fingerprint density at radius 2 is 1.46 bits per heavy atom. The molecule has 4 aliphatic rings. The van der Waals surface area contributed by atoms with Gasteiger partial charge in [-0.1, -0.05) is 17.7 Å². The van der Waals surface area contributed by atoms with Crippen LogP contribution in [0.4, 0.5) is 0 Å². The number of aromatic hydroxyl groups is 1. The highest BCUT2D eigenvalue weighted by Crippen LogP contribution is 2.58. The third-order valence-electron chi connectivity index (χ3n) is 8.49. The van der Waals surface area contributed by atoms with Crippen molar-refractivity contribution in [2.75, 3.05) is 20.2 Å². The van der Waals surface area contributed by atoms with Gasteiger partial charge in [-0.05, 0) is 36.5 Å². The molecule has 4 amide bonds. The number of aliphatic carboxylic acids is 2. The highest BCUT2D eigenvalue weighted by atomic mass is 16.5. The van der Waals surface area contributed by atoms with Crippen LogP contribution in [0, 0.1) is 29.6 Å². The molecule has 1 saturated carbocycles. The Balaban J connectivity index is 1.57. The van der Waals surface area contributed by atoms with Gasteiger partial charge in [-0.25, -0.2) is 0 Å². The molecule has 6 atom stereocenters. The van der Waals surface area contributed by atoms with Crippen LogP contribution in [0.25, 0.3) is 0 Å². The number of ether oxygens (including phenoxy) is 1. The van der Waals surface area contributed by atoms with Gasteiger partial charge in [-0.15, -0.1) is 0 Å². The lowest BCUT2D eigenvalue weighted by molar-refractivity contribution is -0.145. The van der Waals surface area contributed by atoms with Crippen LogP contribution < -0.4 is 4.74 Å². The molecule has 39 heavy (non-hydrogen) atoms. The number of fused-ring (bicyclic) bond motifs is 4. The summed E-state index contributed by atoms with van der Waals surface area (Å²) >= 11 is 0. The van der Waals surface area contributed by atoms with Gasteiger partial charge in [0.25, 0.3) is 0 Å². The van der Waals surface area contributed by atoms with E-state index in [1.165, 1.54) is 19.2 Å². The molecule has 6 unspecified atom stereocenters. The number of hydrogen-bond donors (Lipinski definition) is 3. The van der Waals surface area contributed by atoms with Gasteiger partial charge in [-0.2, -0.15) is 0 Å². The van der Waals surface area contributed by atoms with Gasteiger partial charge >= 0.3 is 11.9 Å². The predicted octanol–water partition coefficient (Wildman–Crippen LogP) is 0.986. The number of carbonyl (C=O) groups excluding carboxylic acids is 4. The molecule has 2 aliphatic heterocycles. The second-order valence-electron chi connectivity index (χ2n) is 10.4. The van der Waals surface area contributed by atoms with Gasteiger partial charge in [0.05, 0.1) is 43.6 Å². The fraction of sp³-hybridized carbons (Fsp3) is 0.481. The Bertz CT molecular complexity index is 1320. The summed E-state index contributed by atoms with van der Waals surface area (Å²) in [5.74, 6) is -8.71. The van der Waals surface area contributed by atoms with Crippen molar-refractivity contribution in [2.24, 2.45) is 29.6 Å². The summed E-state index contributed by atoms with van der Waals surface area (Å²) in [6.45, 7) is -0.527. The number of hydrogen-bond acceptors (Lipinski definition) is 8. The first-order valence-electron chi connectivity index (χ1n) is 12.8. The van der Waals surface area contributed by atoms with Crippen molar-refractivity contribution >= 4 is 35.6 Å². The number of allylic oxidation sites excluding steroid dienone is 2. The van der Waals surface area contributed by atoms with E-state index in [-0.39, 0.29) is 43.9 Å². The fourth-order valence-electron chi connectivity index (χ4n) is 6.85. The number of imide groups is 2. The molecule has 0 bridgehead atoms. The number of amides is 4. The smallest absolute Gasteiger partial charge is 0.305 e. The number of phenolic OH excluding ortho intramolecular Hbond substituents is 1. The van der Waals surface area contributed by atoms with Crippen LogP contribution in [0.15, 0.2) is 29.8 Å². The predicted molar refractivity (Wildman–Crippen MR) is 130 cm³/mol. The second kappa shape index (κ2) is 9.83. The number of likely N-dealkylation sites (tertiary alicyclic amines) is 2. The number of carboxylic acid groups (broad SMARTS) is 2. The Morgan fingerprint density at radius 3 is 2.03 bits per heavy atom. The summed E-state index contributed by atoms with van der Waals surface area (Å²) in [7, 11) is 1.39. The zero-order chi connectivity index (χ0) is 28.2. The van der Waals surface area contributed by atoms with Crippen LogP contribution in [0.5, 0.6) is 11.5 Å². The van der Waals surface area contributed by atoms with Crippen molar-refractivity contribution in [3.05, 3.63) is 35.4 Å². The standard InChI is InChI=1S/C27H28N2O10/c1-39-18-5-2-12(10-17(18)30)21-13-3-4-14-22(26(37)28(24(14)35)8-6-19(31)32)15(13)11-16-23(21)27(38)29(25(16)36)9-7-20(33)34/h2-3,5,10,14-16,21-23,30H,4,6-9,11H2,1H3,(H,31,32)(H,33,34). The second-order valence-corrected chi connectivity index (χ2v) is 10.4. The Morgan fingerprint density at radius 1 is 0.872 bits per heavy atom. The number of carbonyl (C=O) groups is 6. The SMILES string of the molecule is COc1ccc(C2C3=CCC4C(=O)N(CCC(=O)O)C(=O)C4C3CC3C(=O)N(CCC(=O)O)C(=O)C32)cc1O. The van der Waals surface area contributed by atoms with Crippen molar-refractivity contribution in [3.8, 4) is 11.5 Å². The van der Waals surface area contributed by atoms with E-state index in [1.54, 1.807) is 6.07 Å². The summed E-state index contributed by atoms with van der Waals surface area (Å²) in [6, 6.07) is 4.67. The maximum absolute atomic E-state index is 13.6. The highest BCUT2D eigenvalue weighted by Gasteiger charge is 2.61. The number of phenols is 1. The molecule has 12 nitrogen and oxygen atoms in total. The molecule has 3 fully saturated rings. The van der Waals surface area contributed by atoms with Gasteiger partial charge in [0.1, 0.15) is 0 Å². The summed E-state index contributed by atoms with van der Waals surface area (Å²) in [5, 5.41) is 28.7. The minimum Gasteiger partial charge on any atom is -0.504 e. The summed E-state index contributed by atoms with van der Waals surface area (Å²) in [6.07, 6.45) is 1.37. The molecule has 1 aromatic rings. The lowest BCUT2D eigenvalue weighted by Crippen LogP contribution is -2.43. The number of methoxy groups -OCH3 is 1. The Hall–Kier alpha value is -4.22. The van der Waals surface area contributed by atoms with Gasteiger partial charge < -0.3 is 20.1 Å². The van der Waals surface area contributed by atoms with E-state index in [4.69, 9.17) is 14.9 Å². The number of nitrogens with zero attached hydrogens (tertiary/aromatic N) is 2. The summed E-state index contributed by atoms with van der Waals surface area (Å²) in [4.78, 5) is 77.9. The van der Waals surface area contributed by atoms with Crippen LogP contribution in [0.2, 0.25) is 0 Å². The first-order chi connectivity index (χ1) is 18.5. The fourth-order valence-corrected chi connectivity index (χ4v) is 6.85. The topological polar surface area (TPSA) is 179 Å². The summed E-state index contributed by atoms with van der Waals surface area (Å²) < 4.78 is 5.15. The number of carboxylic acids is 2. The van der Waals surface area contributed by atoms with Gasteiger partial charge in [0.2, 0.25) is 23.6 Å². The van der Waals surface area contributed by atoms with E-state index < -0.39 is 77.5 Å². The average Bonchev–Trinajstić information content (AvgIpc) is 3.28. The van der Waals surface area contributed by atoms with E-state index >= 15 is 0 Å². The molecular formula is C27H28N2O10. The zero-order valence-electron chi connectivity index (χ0n) is 21.1. The van der Waals surface area contributed by atoms with Crippen molar-refractivity contribution in [2.45, 2.75) is 31.6 Å². The first kappa shape index (κ1) is 26.4. The molecule has 0 radical (unpaired) electrons. The molecule has 3 N–H and O–H groups in total. The molecule has 206 valence electrons. The van der Waals surface area contributed by atoms with Crippen LogP contribution in [-0.2, 0) is 28.8 Å². The van der Waals surface area contributed by atoms with Gasteiger partial charge in [-0.3, -0.25) is 38.6 Å². The molecule has 0 spiro atoms. The third kappa shape index (κ3) is 4.23. The molecular weight excluding hydrogens is 512 g/mol. The van der Waals surface area contributed by atoms with E-state index in [0.29, 0.717) is 11.1 Å². The molecule has 2 heterocycles. The van der Waals surface area contributed by atoms with Crippen LogP contribution in [0.1, 0.15) is 37.2 Å². The van der Waals surface area contributed by atoms with Crippen molar-refractivity contribution in [3.63, 3.8) is 0 Å². The largest absolute Gasteiger partial charge is 0.504 e. The van der Waals surface area contributed by atoms with E-state index in [1.807, 2.05) is 6.08 Å². The maximum Gasteiger partial charge on any atom is 0.305 e. The van der Waals surface area contributed by atoms with Gasteiger partial charge in [0, 0.05) is 19.0 Å². The van der Waals surface area contributed by atoms with E-state index in [2.05, 4.69) is 0 Å². The van der Waals surface area contributed by atoms with Crippen LogP contribution in [-0.4, -0.2) is 80.9 Å². The average molecular weight is 541 g/mol. The number of rotatable bonds is 8. The van der Waals surface area contributed by atoms with Crippen molar-refractivity contribution < 1.29 is 48.8 Å². The Kier molecular flexibility index (Phi) is 6.65. The highest BCUT2D eigenvalue weighted by molar-refractivity contribution is 6.08. The van der Waals surface area contributed by atoms with E-state index in [0.717, 1.165) is 9.80 Å². The number of benzene rings is 1. The van der Waals surface area contributed by atoms with Crippen molar-refractivity contribution in [1.82, 2.24) is 9.80 Å². The minimum absolute atomic E-state index is 0.121. The normalized spacial score (nSPS) is 29.6. The lowest BCUT2D eigenvalue weighted by atomic mass is 9.57. The van der Waals surface area contributed by atoms with E-state index in [9.17, 15) is 33.9 Å². The van der Waals surface area contributed by atoms with Crippen LogP contribution >= 0.6 is 0 Å². The maximum atomic E-state index is 13.6. The lowest BCUT2D eigenvalue weighted by Gasteiger charge is -2.44. The van der Waals surface area contributed by atoms with Gasteiger partial charge in [0.15, 0.2) is 11.5 Å². The first-order valence-corrected chi connectivity index (χ1v) is 12.8. The monoisotopic (exact) mass is 540 g/mol. The third-order valence-corrected chi connectivity index (χ3v) is 8.49. The molecule has 1 aromatic carbocycles.